The SMILES string of the molecule is C=C(C)C(=O)OCc1ccccc1OP1(Oc2ccccc2COC(=O)C(=C)C)=NP(Oc2ccccc2)(Oc2ccccc2)=NP(Oc2ccccc2COC(=O)C(=C)C)(Oc2ccccc2COC(=O)C(=C)C)=N1. The lowest BCUT2D eigenvalue weighted by Crippen LogP contribution is -2.13. The minimum Gasteiger partial charge on any atom is -0.457 e. The molecule has 0 amide bonds. The first-order valence-electron chi connectivity index (χ1n) is 23.3. The molecule has 6 aromatic carbocycles. The molecule has 7 rings (SSSR count). The van der Waals surface area contributed by atoms with Gasteiger partial charge in [-0.3, -0.25) is 0 Å². The van der Waals surface area contributed by atoms with Crippen LogP contribution >= 0.6 is 23.0 Å². The van der Waals surface area contributed by atoms with Crippen molar-refractivity contribution in [3.63, 3.8) is 0 Å². The fourth-order valence-electron chi connectivity index (χ4n) is 6.42. The maximum atomic E-state index is 12.9. The van der Waals surface area contributed by atoms with Crippen LogP contribution in [0.3, 0.4) is 0 Å². The maximum Gasteiger partial charge on any atom is 0.460 e. The predicted molar refractivity (Wildman–Crippen MR) is 289 cm³/mol. The van der Waals surface area contributed by atoms with E-state index in [1.165, 1.54) is 27.7 Å². The molecule has 0 radical (unpaired) electrons. The Morgan fingerprint density at radius 1 is 0.329 bits per heavy atom. The van der Waals surface area contributed by atoms with Crippen LogP contribution in [0.15, 0.2) is 220 Å². The summed E-state index contributed by atoms with van der Waals surface area (Å²) in [6.45, 7) is 19.7. The van der Waals surface area contributed by atoms with Crippen LogP contribution in [0.1, 0.15) is 49.9 Å². The van der Waals surface area contributed by atoms with Crippen molar-refractivity contribution >= 4 is 46.9 Å². The Balaban J connectivity index is 1.61. The highest BCUT2D eigenvalue weighted by Gasteiger charge is 2.49. The number of rotatable bonds is 24. The number of carbonyl (C=O) groups excluding carboxylic acids is 4. The Morgan fingerprint density at radius 2 is 0.539 bits per heavy atom. The molecule has 0 N–H and O–H groups in total. The lowest BCUT2D eigenvalue weighted by molar-refractivity contribution is -0.141. The number of ether oxygens (including phenoxy) is 4. The molecule has 1 heterocycles. The minimum atomic E-state index is -4.69. The molecular formula is C56H54N3O14P3. The fraction of sp³-hybridized carbons (Fsp3) is 0.143. The smallest absolute Gasteiger partial charge is 0.457 e. The number of carbonyl (C=O) groups is 4. The van der Waals surface area contributed by atoms with Crippen molar-refractivity contribution in [2.75, 3.05) is 0 Å². The molecular weight excluding hydrogens is 1030 g/mol. The summed E-state index contributed by atoms with van der Waals surface area (Å²) in [4.78, 5) is 51.5. The van der Waals surface area contributed by atoms with E-state index in [1.807, 2.05) is 0 Å². The van der Waals surface area contributed by atoms with E-state index >= 15 is 0 Å². The van der Waals surface area contributed by atoms with Crippen LogP contribution in [-0.4, -0.2) is 23.9 Å². The standard InChI is InChI=1S/C56H54N3O14P3/c1-39(2)53(60)64-35-43-23-15-19-31-49(43)70-75(71-50-32-20-16-24-44(50)36-65-54(61)40(3)4)57-74(68-47-27-11-9-12-28-47,69-48-29-13-10-14-30-48)58-76(59-75,72-51-33-21-17-25-45(51)37-66-55(62)41(5)6)73-52-34-22-18-26-46(52)38-67-56(63)42(7)8/h9-34H,1,3,5,7,35-38H2,2,4,6,8H3. The molecule has 0 fully saturated rings. The van der Waals surface area contributed by atoms with Gasteiger partial charge in [0, 0.05) is 44.5 Å². The summed E-state index contributed by atoms with van der Waals surface area (Å²) in [5, 5.41) is 0. The van der Waals surface area contributed by atoms with Gasteiger partial charge in [0.25, 0.3) is 0 Å². The number of hydrogen-bond acceptors (Lipinski definition) is 17. The number of nitrogens with zero attached hydrogens (tertiary/aromatic N) is 3. The molecule has 0 saturated carbocycles. The molecule has 20 heteroatoms. The molecule has 0 atom stereocenters. The van der Waals surface area contributed by atoms with E-state index < -0.39 is 46.9 Å². The van der Waals surface area contributed by atoms with Gasteiger partial charge in [0.15, 0.2) is 0 Å². The number of para-hydroxylation sites is 6. The summed E-state index contributed by atoms with van der Waals surface area (Å²) >= 11 is 0. The van der Waals surface area contributed by atoms with Gasteiger partial charge in [0.2, 0.25) is 0 Å². The van der Waals surface area contributed by atoms with Crippen molar-refractivity contribution in [2.24, 2.45) is 13.5 Å². The Hall–Kier alpha value is -8.35. The molecule has 0 bridgehead atoms. The average Bonchev–Trinajstić information content (AvgIpc) is 3.44. The van der Waals surface area contributed by atoms with Crippen LogP contribution in [-0.2, 0) is 64.6 Å². The summed E-state index contributed by atoms with van der Waals surface area (Å²) < 4.78 is 81.1. The summed E-state index contributed by atoms with van der Waals surface area (Å²) in [5.74, 6) is -1.91. The van der Waals surface area contributed by atoms with E-state index in [9.17, 15) is 19.2 Å². The first-order chi connectivity index (χ1) is 36.5. The van der Waals surface area contributed by atoms with Gasteiger partial charge in [-0.25, -0.2) is 19.2 Å². The van der Waals surface area contributed by atoms with Crippen molar-refractivity contribution in [3.8, 4) is 34.5 Å². The van der Waals surface area contributed by atoms with Gasteiger partial charge in [-0.05, 0) is 76.2 Å². The van der Waals surface area contributed by atoms with Crippen molar-refractivity contribution < 1.29 is 65.3 Å². The second-order valence-corrected chi connectivity index (χ2v) is 23.0. The second-order valence-electron chi connectivity index (χ2n) is 16.8. The number of benzene rings is 6. The summed E-state index contributed by atoms with van der Waals surface area (Å²) in [7, 11) is -13.9. The van der Waals surface area contributed by atoms with Crippen LogP contribution in [0.2, 0.25) is 0 Å². The molecule has 17 nitrogen and oxygen atoms in total. The molecule has 0 unspecified atom stereocenters. The highest BCUT2D eigenvalue weighted by molar-refractivity contribution is 7.79. The fourth-order valence-corrected chi connectivity index (χ4v) is 15.6. The summed E-state index contributed by atoms with van der Waals surface area (Å²) in [5.41, 5.74) is 2.00. The van der Waals surface area contributed by atoms with Crippen LogP contribution in [0.25, 0.3) is 0 Å². The van der Waals surface area contributed by atoms with Crippen molar-refractivity contribution in [1.82, 2.24) is 0 Å². The Bertz CT molecular complexity index is 3020. The van der Waals surface area contributed by atoms with Gasteiger partial charge < -0.3 is 46.1 Å². The largest absolute Gasteiger partial charge is 0.460 e. The monoisotopic (exact) mass is 1090 g/mol. The molecule has 392 valence electrons. The van der Waals surface area contributed by atoms with E-state index in [-0.39, 0.29) is 83.2 Å². The lowest BCUT2D eigenvalue weighted by Gasteiger charge is -2.34. The molecule has 0 aliphatic carbocycles. The van der Waals surface area contributed by atoms with Crippen LogP contribution in [0.4, 0.5) is 0 Å². The third-order valence-corrected chi connectivity index (χ3v) is 18.3. The molecule has 0 spiro atoms. The molecule has 0 saturated heterocycles. The zero-order valence-corrected chi connectivity index (χ0v) is 44.8. The predicted octanol–water partition coefficient (Wildman–Crippen LogP) is 14.8. The summed E-state index contributed by atoms with van der Waals surface area (Å²) in [6.07, 6.45) is 0. The van der Waals surface area contributed by atoms with E-state index in [4.69, 9.17) is 59.6 Å². The first kappa shape index (κ1) is 55.4. The van der Waals surface area contributed by atoms with Crippen LogP contribution in [0.5, 0.6) is 34.5 Å². The van der Waals surface area contributed by atoms with Gasteiger partial charge >= 0.3 is 46.9 Å². The van der Waals surface area contributed by atoms with Crippen LogP contribution in [0, 0.1) is 0 Å². The van der Waals surface area contributed by atoms with Gasteiger partial charge in [-0.15, -0.1) is 0 Å². The average molecular weight is 1090 g/mol. The topological polar surface area (TPSA) is 198 Å². The molecule has 76 heavy (non-hydrogen) atoms. The molecule has 1 aliphatic heterocycles. The van der Waals surface area contributed by atoms with E-state index in [0.29, 0.717) is 22.3 Å². The normalized spacial score (nSPS) is 13.5. The van der Waals surface area contributed by atoms with Gasteiger partial charge in [-0.2, -0.15) is 0 Å². The maximum absolute atomic E-state index is 12.9. The molecule has 1 aliphatic rings. The van der Waals surface area contributed by atoms with Crippen molar-refractivity contribution in [3.05, 3.63) is 229 Å². The third-order valence-electron chi connectivity index (χ3n) is 10.2. The zero-order valence-electron chi connectivity index (χ0n) is 42.1. The Morgan fingerprint density at radius 3 is 0.776 bits per heavy atom. The minimum absolute atomic E-state index is 0.0702. The summed E-state index contributed by atoms with van der Waals surface area (Å²) in [6, 6.07) is 43.9. The Kier molecular flexibility index (Phi) is 18.4. The number of hydrogen-bond donors (Lipinski definition) is 0. The van der Waals surface area contributed by atoms with Crippen LogP contribution < -0.4 is 27.1 Å². The molecule has 6 aromatic rings. The van der Waals surface area contributed by atoms with Gasteiger partial charge in [-0.1, -0.05) is 149 Å². The van der Waals surface area contributed by atoms with E-state index in [0.717, 1.165) is 0 Å². The Labute approximate surface area is 441 Å². The van der Waals surface area contributed by atoms with Gasteiger partial charge in [0.1, 0.15) is 60.9 Å². The lowest BCUT2D eigenvalue weighted by atomic mass is 10.2. The first-order valence-corrected chi connectivity index (χ1v) is 27.9. The van der Waals surface area contributed by atoms with Crippen molar-refractivity contribution in [2.45, 2.75) is 54.1 Å². The quantitative estimate of drug-likeness (QED) is 0.0240. The van der Waals surface area contributed by atoms with E-state index in [1.54, 1.807) is 158 Å². The zero-order chi connectivity index (χ0) is 54.3. The highest BCUT2D eigenvalue weighted by atomic mass is 31.3. The third kappa shape index (κ3) is 14.9. The highest BCUT2D eigenvalue weighted by Crippen LogP contribution is 2.79. The molecule has 0 aromatic heterocycles. The van der Waals surface area contributed by atoms with E-state index in [2.05, 4.69) is 26.3 Å². The number of esters is 4. The van der Waals surface area contributed by atoms with Crippen molar-refractivity contribution in [1.29, 1.82) is 0 Å². The van der Waals surface area contributed by atoms with Gasteiger partial charge in [0.05, 0.1) is 0 Å². The second kappa shape index (κ2) is 25.3.